The number of hydrogen-bond acceptors (Lipinski definition) is 4. The Hall–Kier alpha value is -3.38. The number of carbonyl (C=O) groups excluding carboxylic acids is 2. The van der Waals surface area contributed by atoms with E-state index in [1.165, 1.54) is 31.4 Å². The van der Waals surface area contributed by atoms with Crippen molar-refractivity contribution in [1.82, 2.24) is 0 Å². The van der Waals surface area contributed by atoms with Gasteiger partial charge < -0.3 is 9.84 Å². The van der Waals surface area contributed by atoms with E-state index in [4.69, 9.17) is 0 Å². The van der Waals surface area contributed by atoms with Gasteiger partial charge in [-0.05, 0) is 76.8 Å². The topological polar surface area (TPSA) is 63.6 Å². The summed E-state index contributed by atoms with van der Waals surface area (Å²) in [5.41, 5.74) is 4.65. The fraction of sp³-hybridized carbons (Fsp3) is 0.333. The lowest BCUT2D eigenvalue weighted by atomic mass is 9.66. The van der Waals surface area contributed by atoms with Crippen molar-refractivity contribution in [3.63, 3.8) is 0 Å². The quantitative estimate of drug-likeness (QED) is 0.352. The van der Waals surface area contributed by atoms with Crippen LogP contribution in [0, 0.1) is 17.0 Å². The van der Waals surface area contributed by atoms with Crippen LogP contribution in [0.4, 0.5) is 8.78 Å². The van der Waals surface area contributed by atoms with E-state index < -0.39 is 17.9 Å². The summed E-state index contributed by atoms with van der Waals surface area (Å²) in [6.45, 7) is 0. The van der Waals surface area contributed by atoms with Crippen LogP contribution in [0.25, 0.3) is 11.1 Å². The molecule has 1 atom stereocenters. The molecule has 2 aliphatic carbocycles. The maximum Gasteiger partial charge on any atom is 0.313 e. The lowest BCUT2D eigenvalue weighted by Gasteiger charge is -2.37. The van der Waals surface area contributed by atoms with Crippen LogP contribution in [0.5, 0.6) is 0 Å². The molecule has 1 unspecified atom stereocenters. The van der Waals surface area contributed by atoms with Crippen LogP contribution >= 0.6 is 0 Å². The zero-order valence-electron chi connectivity index (χ0n) is 20.3. The van der Waals surface area contributed by atoms with E-state index in [1.807, 2.05) is 6.08 Å². The first-order chi connectivity index (χ1) is 17.3. The second kappa shape index (κ2) is 11.1. The minimum atomic E-state index is -1.05. The smallest absolute Gasteiger partial charge is 0.313 e. The number of allylic oxidation sites excluding steroid dienone is 5. The lowest BCUT2D eigenvalue weighted by Crippen LogP contribution is -2.24. The first kappa shape index (κ1) is 25.7. The van der Waals surface area contributed by atoms with Gasteiger partial charge in [-0.2, -0.15) is 0 Å². The van der Waals surface area contributed by atoms with Crippen LogP contribution in [0.3, 0.4) is 0 Å². The van der Waals surface area contributed by atoms with Crippen molar-refractivity contribution < 1.29 is 28.2 Å². The molecule has 1 fully saturated rings. The number of hydrogen-bond donors (Lipinski definition) is 1. The van der Waals surface area contributed by atoms with Gasteiger partial charge in [-0.25, -0.2) is 8.78 Å². The molecule has 2 aromatic rings. The Balaban J connectivity index is 1.75. The van der Waals surface area contributed by atoms with Crippen molar-refractivity contribution in [1.29, 1.82) is 0 Å². The maximum absolute atomic E-state index is 13.7. The van der Waals surface area contributed by atoms with Gasteiger partial charge >= 0.3 is 5.97 Å². The highest BCUT2D eigenvalue weighted by Gasteiger charge is 2.41. The standard InChI is InChI=1S/C30H30F2O4/c1-36-29(35)18-26(34)17-25(33)12-13-28-27(21-6-10-24(32)11-7-21)16-22(19-30(28)14-2-3-15-30)20-4-8-23(31)9-5-20/h4-13,16,25,33H,2-3,14-15,17-19H2,1H3. The lowest BCUT2D eigenvalue weighted by molar-refractivity contribution is -0.143. The molecule has 4 rings (SSSR count). The zero-order valence-corrected chi connectivity index (χ0v) is 20.3. The number of halogens is 2. The Kier molecular flexibility index (Phi) is 7.94. The van der Waals surface area contributed by atoms with E-state index in [0.717, 1.165) is 60.0 Å². The van der Waals surface area contributed by atoms with E-state index in [2.05, 4.69) is 10.8 Å². The molecule has 0 bridgehead atoms. The number of methoxy groups -OCH3 is 1. The summed E-state index contributed by atoms with van der Waals surface area (Å²) in [6.07, 6.45) is 8.73. The second-order valence-corrected chi connectivity index (χ2v) is 9.60. The molecule has 1 saturated carbocycles. The van der Waals surface area contributed by atoms with Crippen molar-refractivity contribution >= 4 is 22.9 Å². The highest BCUT2D eigenvalue weighted by molar-refractivity contribution is 5.95. The molecule has 36 heavy (non-hydrogen) atoms. The predicted molar refractivity (Wildman–Crippen MR) is 135 cm³/mol. The van der Waals surface area contributed by atoms with E-state index in [9.17, 15) is 23.5 Å². The van der Waals surface area contributed by atoms with Crippen molar-refractivity contribution in [2.75, 3.05) is 7.11 Å². The van der Waals surface area contributed by atoms with E-state index >= 15 is 0 Å². The molecule has 0 aromatic heterocycles. The molecule has 188 valence electrons. The number of aliphatic hydroxyl groups excluding tert-OH is 1. The third kappa shape index (κ3) is 5.88. The molecule has 0 aliphatic heterocycles. The second-order valence-electron chi connectivity index (χ2n) is 9.60. The first-order valence-electron chi connectivity index (χ1n) is 12.2. The minimum absolute atomic E-state index is 0.186. The molecule has 1 spiro atoms. The Morgan fingerprint density at radius 2 is 1.58 bits per heavy atom. The van der Waals surface area contributed by atoms with E-state index in [0.29, 0.717) is 0 Å². The van der Waals surface area contributed by atoms with Crippen LogP contribution in [0.2, 0.25) is 0 Å². The largest absolute Gasteiger partial charge is 0.469 e. The number of ketones is 1. The molecule has 1 N–H and O–H groups in total. The molecule has 6 heteroatoms. The number of ether oxygens (including phenoxy) is 1. The first-order valence-corrected chi connectivity index (χ1v) is 12.2. The highest BCUT2D eigenvalue weighted by atomic mass is 19.1. The normalized spacial score (nSPS) is 17.9. The van der Waals surface area contributed by atoms with Crippen LogP contribution in [-0.4, -0.2) is 30.1 Å². The molecule has 0 heterocycles. The van der Waals surface area contributed by atoms with Crippen LogP contribution in [-0.2, 0) is 14.3 Å². The van der Waals surface area contributed by atoms with Crippen molar-refractivity contribution in [2.45, 2.75) is 51.0 Å². The average molecular weight is 493 g/mol. The molecule has 0 saturated heterocycles. The monoisotopic (exact) mass is 492 g/mol. The number of benzene rings is 2. The number of carbonyl (C=O) groups is 2. The summed E-state index contributed by atoms with van der Waals surface area (Å²) in [4.78, 5) is 23.5. The molecular weight excluding hydrogens is 462 g/mol. The summed E-state index contributed by atoms with van der Waals surface area (Å²) in [6, 6.07) is 12.8. The Bertz CT molecular complexity index is 1200. The summed E-state index contributed by atoms with van der Waals surface area (Å²) in [7, 11) is 1.22. The molecule has 0 amide bonds. The van der Waals surface area contributed by atoms with E-state index in [-0.39, 0.29) is 29.9 Å². The SMILES string of the molecule is COC(=O)CC(=O)CC(O)C=CC1=C(c2ccc(F)cc2)C=C(c2ccc(F)cc2)CC12CCCC2. The van der Waals surface area contributed by atoms with Gasteiger partial charge in [0.1, 0.15) is 23.8 Å². The van der Waals surface area contributed by atoms with Gasteiger partial charge in [-0.1, -0.05) is 55.3 Å². The van der Waals surface area contributed by atoms with Crippen molar-refractivity contribution in [2.24, 2.45) is 5.41 Å². The van der Waals surface area contributed by atoms with Crippen LogP contribution in [0.15, 0.2) is 72.3 Å². The molecule has 2 aromatic carbocycles. The number of aliphatic hydroxyl groups is 1. The molecule has 0 radical (unpaired) electrons. The van der Waals surface area contributed by atoms with Gasteiger partial charge in [-0.15, -0.1) is 0 Å². The van der Waals surface area contributed by atoms with Gasteiger partial charge in [0.2, 0.25) is 0 Å². The van der Waals surface area contributed by atoms with Gasteiger partial charge in [0.05, 0.1) is 13.2 Å². The van der Waals surface area contributed by atoms with Gasteiger partial charge in [0, 0.05) is 6.42 Å². The number of Topliss-reactive ketones (excluding diaryl/α,β-unsaturated/α-hetero) is 1. The Labute approximate surface area is 210 Å². The number of esters is 1. The predicted octanol–water partition coefficient (Wildman–Crippen LogP) is 6.21. The van der Waals surface area contributed by atoms with Gasteiger partial charge in [0.15, 0.2) is 0 Å². The van der Waals surface area contributed by atoms with E-state index in [1.54, 1.807) is 30.3 Å². The van der Waals surface area contributed by atoms with Crippen LogP contribution in [0.1, 0.15) is 56.1 Å². The van der Waals surface area contributed by atoms with Crippen molar-refractivity contribution in [3.8, 4) is 0 Å². The Morgan fingerprint density at radius 3 is 2.17 bits per heavy atom. The molecule has 2 aliphatic rings. The third-order valence-corrected chi connectivity index (χ3v) is 7.13. The zero-order chi connectivity index (χ0) is 25.7. The summed E-state index contributed by atoms with van der Waals surface area (Å²) >= 11 is 0. The number of rotatable bonds is 8. The Morgan fingerprint density at radius 1 is 1.00 bits per heavy atom. The summed E-state index contributed by atoms with van der Waals surface area (Å²) in [5, 5.41) is 10.5. The van der Waals surface area contributed by atoms with Crippen molar-refractivity contribution in [3.05, 3.63) is 95.1 Å². The van der Waals surface area contributed by atoms with Crippen LogP contribution < -0.4 is 0 Å². The highest BCUT2D eigenvalue weighted by Crippen LogP contribution is 2.55. The average Bonchev–Trinajstić information content (AvgIpc) is 3.32. The fourth-order valence-corrected chi connectivity index (χ4v) is 5.34. The molecular formula is C30H30F2O4. The third-order valence-electron chi connectivity index (χ3n) is 7.13. The maximum atomic E-state index is 13.7. The van der Waals surface area contributed by atoms with Gasteiger partial charge in [-0.3, -0.25) is 9.59 Å². The minimum Gasteiger partial charge on any atom is -0.469 e. The van der Waals surface area contributed by atoms with Gasteiger partial charge in [0.25, 0.3) is 0 Å². The summed E-state index contributed by atoms with van der Waals surface area (Å²) < 4.78 is 31.9. The fourth-order valence-electron chi connectivity index (χ4n) is 5.34. The summed E-state index contributed by atoms with van der Waals surface area (Å²) in [5.74, 6) is -1.65. The molecule has 4 nitrogen and oxygen atoms in total.